The number of hydrogen-bond donors (Lipinski definition) is 0. The summed E-state index contributed by atoms with van der Waals surface area (Å²) in [4.78, 5) is 0. The van der Waals surface area contributed by atoms with Crippen LogP contribution in [0, 0.1) is 17.1 Å². The molecule has 0 bridgehead atoms. The molecule has 0 saturated carbocycles. The van der Waals surface area contributed by atoms with Crippen LogP contribution < -0.4 is 4.74 Å². The Kier molecular flexibility index (Phi) is 5.55. The van der Waals surface area contributed by atoms with Crippen LogP contribution in [0.5, 0.6) is 5.75 Å². The van der Waals surface area contributed by atoms with Gasteiger partial charge in [-0.05, 0) is 29.7 Å². The van der Waals surface area contributed by atoms with Crippen molar-refractivity contribution in [2.45, 2.75) is 32.1 Å². The molecule has 0 saturated heterocycles. The first-order valence-corrected chi connectivity index (χ1v) is 7.48. The molecule has 0 aromatic heterocycles. The van der Waals surface area contributed by atoms with Gasteiger partial charge in [-0.25, -0.2) is 4.39 Å². The fourth-order valence-corrected chi connectivity index (χ4v) is 2.31. The summed E-state index contributed by atoms with van der Waals surface area (Å²) < 4.78 is 19.4. The van der Waals surface area contributed by atoms with Gasteiger partial charge < -0.3 is 4.74 Å². The van der Waals surface area contributed by atoms with Crippen LogP contribution in [-0.4, -0.2) is 6.61 Å². The number of ether oxygens (including phenoxy) is 1. The minimum atomic E-state index is -0.491. The standard InChI is InChI=1S/C19H20FNO/c1-14(2)15-6-5-7-17(12-15)22-11-10-16(13-21)18-8-3-4-9-19(18)20/h3-9,12,14,16H,10-11H2,1-2H3. The van der Waals surface area contributed by atoms with Gasteiger partial charge in [0.15, 0.2) is 0 Å². The minimum Gasteiger partial charge on any atom is -0.494 e. The zero-order valence-electron chi connectivity index (χ0n) is 12.9. The second kappa shape index (κ2) is 7.61. The van der Waals surface area contributed by atoms with Crippen LogP contribution in [-0.2, 0) is 0 Å². The van der Waals surface area contributed by atoms with Gasteiger partial charge in [0, 0.05) is 12.0 Å². The number of hydrogen-bond acceptors (Lipinski definition) is 2. The molecule has 0 spiro atoms. The van der Waals surface area contributed by atoms with Crippen LogP contribution in [0.15, 0.2) is 48.5 Å². The van der Waals surface area contributed by atoms with E-state index in [1.165, 1.54) is 11.6 Å². The van der Waals surface area contributed by atoms with Crippen LogP contribution in [0.4, 0.5) is 4.39 Å². The Bertz CT molecular complexity index is 660. The van der Waals surface area contributed by atoms with E-state index in [4.69, 9.17) is 4.74 Å². The van der Waals surface area contributed by atoms with Crippen molar-refractivity contribution in [2.75, 3.05) is 6.61 Å². The van der Waals surface area contributed by atoms with Gasteiger partial charge in [-0.3, -0.25) is 0 Å². The Balaban J connectivity index is 1.97. The van der Waals surface area contributed by atoms with Crippen molar-refractivity contribution < 1.29 is 9.13 Å². The number of halogens is 1. The normalized spacial score (nSPS) is 12.0. The van der Waals surface area contributed by atoms with Gasteiger partial charge in [0.25, 0.3) is 0 Å². The zero-order valence-corrected chi connectivity index (χ0v) is 12.9. The Labute approximate surface area is 131 Å². The summed E-state index contributed by atoms with van der Waals surface area (Å²) in [5.74, 6) is 0.399. The second-order valence-corrected chi connectivity index (χ2v) is 5.57. The van der Waals surface area contributed by atoms with E-state index in [-0.39, 0.29) is 5.82 Å². The van der Waals surface area contributed by atoms with Crippen LogP contribution in [0.2, 0.25) is 0 Å². The van der Waals surface area contributed by atoms with E-state index in [0.717, 1.165) is 5.75 Å². The SMILES string of the molecule is CC(C)c1cccc(OCCC(C#N)c2ccccc2F)c1. The fourth-order valence-electron chi connectivity index (χ4n) is 2.31. The quantitative estimate of drug-likeness (QED) is 0.749. The highest BCUT2D eigenvalue weighted by Gasteiger charge is 2.14. The van der Waals surface area contributed by atoms with Gasteiger partial charge >= 0.3 is 0 Å². The van der Waals surface area contributed by atoms with E-state index in [2.05, 4.69) is 26.0 Å². The van der Waals surface area contributed by atoms with Crippen LogP contribution in [0.1, 0.15) is 43.2 Å². The Morgan fingerprint density at radius 3 is 2.59 bits per heavy atom. The third-order valence-electron chi connectivity index (χ3n) is 3.64. The lowest BCUT2D eigenvalue weighted by Crippen LogP contribution is -2.06. The van der Waals surface area contributed by atoms with Gasteiger partial charge in [0.2, 0.25) is 0 Å². The topological polar surface area (TPSA) is 33.0 Å². The van der Waals surface area contributed by atoms with Crippen molar-refractivity contribution in [3.63, 3.8) is 0 Å². The van der Waals surface area contributed by atoms with Gasteiger partial charge in [0.05, 0.1) is 18.6 Å². The predicted molar refractivity (Wildman–Crippen MR) is 85.4 cm³/mol. The lowest BCUT2D eigenvalue weighted by Gasteiger charge is -2.13. The molecule has 3 heteroatoms. The first-order valence-electron chi connectivity index (χ1n) is 7.48. The van der Waals surface area contributed by atoms with Crippen LogP contribution >= 0.6 is 0 Å². The van der Waals surface area contributed by atoms with Crippen molar-refractivity contribution in [1.82, 2.24) is 0 Å². The highest BCUT2D eigenvalue weighted by molar-refractivity contribution is 5.30. The van der Waals surface area contributed by atoms with E-state index >= 15 is 0 Å². The fraction of sp³-hybridized carbons (Fsp3) is 0.316. The Hall–Kier alpha value is -2.34. The lowest BCUT2D eigenvalue weighted by molar-refractivity contribution is 0.304. The van der Waals surface area contributed by atoms with E-state index in [9.17, 15) is 9.65 Å². The molecule has 0 aliphatic rings. The van der Waals surface area contributed by atoms with E-state index in [0.29, 0.717) is 24.5 Å². The summed E-state index contributed by atoms with van der Waals surface area (Å²) in [6, 6.07) is 16.5. The highest BCUT2D eigenvalue weighted by atomic mass is 19.1. The number of rotatable bonds is 6. The van der Waals surface area contributed by atoms with Gasteiger partial charge in [-0.15, -0.1) is 0 Å². The molecular formula is C19H20FNO. The van der Waals surface area contributed by atoms with E-state index < -0.39 is 5.92 Å². The summed E-state index contributed by atoms with van der Waals surface area (Å²) in [5, 5.41) is 9.25. The molecule has 2 rings (SSSR count). The van der Waals surface area contributed by atoms with Crippen molar-refractivity contribution in [1.29, 1.82) is 5.26 Å². The molecule has 2 aromatic rings. The molecular weight excluding hydrogens is 277 g/mol. The molecule has 22 heavy (non-hydrogen) atoms. The number of benzene rings is 2. The van der Waals surface area contributed by atoms with Gasteiger partial charge in [-0.1, -0.05) is 44.2 Å². The summed E-state index contributed by atoms with van der Waals surface area (Å²) in [6.45, 7) is 4.64. The third kappa shape index (κ3) is 4.08. The molecule has 114 valence electrons. The average molecular weight is 297 g/mol. The molecule has 0 amide bonds. The summed E-state index contributed by atoms with van der Waals surface area (Å²) in [7, 11) is 0. The maximum atomic E-state index is 13.7. The van der Waals surface area contributed by atoms with Crippen molar-refractivity contribution in [3.8, 4) is 11.8 Å². The first-order chi connectivity index (χ1) is 10.6. The Morgan fingerprint density at radius 2 is 1.91 bits per heavy atom. The molecule has 1 unspecified atom stereocenters. The van der Waals surface area contributed by atoms with Crippen molar-refractivity contribution in [2.24, 2.45) is 0 Å². The Morgan fingerprint density at radius 1 is 1.14 bits per heavy atom. The molecule has 0 aliphatic carbocycles. The molecule has 2 aromatic carbocycles. The van der Waals surface area contributed by atoms with Crippen molar-refractivity contribution in [3.05, 3.63) is 65.5 Å². The summed E-state index contributed by atoms with van der Waals surface area (Å²) >= 11 is 0. The van der Waals surface area contributed by atoms with E-state index in [1.807, 2.05) is 18.2 Å². The lowest BCUT2D eigenvalue weighted by atomic mass is 9.97. The maximum Gasteiger partial charge on any atom is 0.127 e. The molecule has 2 nitrogen and oxygen atoms in total. The zero-order chi connectivity index (χ0) is 15.9. The molecule has 0 fully saturated rings. The van der Waals surface area contributed by atoms with Gasteiger partial charge in [0.1, 0.15) is 11.6 Å². The predicted octanol–water partition coefficient (Wildman–Crippen LogP) is 5.03. The molecule has 0 N–H and O–H groups in total. The third-order valence-corrected chi connectivity index (χ3v) is 3.64. The van der Waals surface area contributed by atoms with Crippen LogP contribution in [0.3, 0.4) is 0 Å². The largest absolute Gasteiger partial charge is 0.494 e. The van der Waals surface area contributed by atoms with Gasteiger partial charge in [-0.2, -0.15) is 5.26 Å². The smallest absolute Gasteiger partial charge is 0.127 e. The average Bonchev–Trinajstić information content (AvgIpc) is 2.53. The second-order valence-electron chi connectivity index (χ2n) is 5.57. The van der Waals surface area contributed by atoms with Crippen LogP contribution in [0.25, 0.3) is 0 Å². The summed E-state index contributed by atoms with van der Waals surface area (Å²) in [5.41, 5.74) is 1.65. The van der Waals surface area contributed by atoms with Crippen molar-refractivity contribution >= 4 is 0 Å². The summed E-state index contributed by atoms with van der Waals surface area (Å²) in [6.07, 6.45) is 0.462. The molecule has 0 aliphatic heterocycles. The number of nitrogens with zero attached hydrogens (tertiary/aromatic N) is 1. The molecule has 0 radical (unpaired) electrons. The number of nitriles is 1. The minimum absolute atomic E-state index is 0.337. The molecule has 0 heterocycles. The molecule has 1 atom stereocenters. The van der Waals surface area contributed by atoms with E-state index in [1.54, 1.807) is 18.2 Å². The first kappa shape index (κ1) is 16.0. The maximum absolute atomic E-state index is 13.7. The highest BCUT2D eigenvalue weighted by Crippen LogP contribution is 2.24. The monoisotopic (exact) mass is 297 g/mol.